The van der Waals surface area contributed by atoms with E-state index in [1.54, 1.807) is 0 Å². The fourth-order valence-corrected chi connectivity index (χ4v) is 3.19. The molecule has 0 bridgehead atoms. The summed E-state index contributed by atoms with van der Waals surface area (Å²) in [6.45, 7) is 17.5. The molecule has 0 spiro atoms. The van der Waals surface area contributed by atoms with Crippen molar-refractivity contribution in [2.75, 3.05) is 19.6 Å². The van der Waals surface area contributed by atoms with Gasteiger partial charge in [0, 0.05) is 18.6 Å². The average molecular weight is 240 g/mol. The van der Waals surface area contributed by atoms with Crippen molar-refractivity contribution in [2.24, 2.45) is 10.8 Å². The van der Waals surface area contributed by atoms with Gasteiger partial charge in [0.1, 0.15) is 0 Å². The van der Waals surface area contributed by atoms with Crippen LogP contribution in [0.25, 0.3) is 0 Å². The van der Waals surface area contributed by atoms with Crippen LogP contribution in [0.4, 0.5) is 0 Å². The lowest BCUT2D eigenvalue weighted by Gasteiger charge is -2.37. The smallest absolute Gasteiger partial charge is 0.0130 e. The quantitative estimate of drug-likeness (QED) is 0.771. The molecule has 0 aliphatic carbocycles. The van der Waals surface area contributed by atoms with Gasteiger partial charge >= 0.3 is 0 Å². The van der Waals surface area contributed by atoms with Crippen molar-refractivity contribution < 1.29 is 0 Å². The van der Waals surface area contributed by atoms with E-state index in [1.807, 2.05) is 0 Å². The van der Waals surface area contributed by atoms with E-state index in [-0.39, 0.29) is 5.54 Å². The zero-order chi connectivity index (χ0) is 13.2. The summed E-state index contributed by atoms with van der Waals surface area (Å²) in [6.07, 6.45) is 3.81. The number of hydrogen-bond donors (Lipinski definition) is 2. The fraction of sp³-hybridized carbons (Fsp3) is 1.00. The minimum atomic E-state index is 0.239. The Kier molecular flexibility index (Phi) is 4.65. The highest BCUT2D eigenvalue weighted by atomic mass is 15.0. The molecule has 102 valence electrons. The summed E-state index contributed by atoms with van der Waals surface area (Å²) in [6, 6.07) is 0. The van der Waals surface area contributed by atoms with Gasteiger partial charge in [-0.05, 0) is 50.5 Å². The monoisotopic (exact) mass is 240 g/mol. The predicted octanol–water partition coefficient (Wildman–Crippen LogP) is 3.18. The molecule has 0 aromatic carbocycles. The summed E-state index contributed by atoms with van der Waals surface area (Å²) in [4.78, 5) is 0. The van der Waals surface area contributed by atoms with Gasteiger partial charge in [0.05, 0.1) is 0 Å². The molecule has 1 aliphatic rings. The maximum absolute atomic E-state index is 3.81. The minimum Gasteiger partial charge on any atom is -0.316 e. The molecule has 1 fully saturated rings. The van der Waals surface area contributed by atoms with Crippen molar-refractivity contribution in [1.82, 2.24) is 10.6 Å². The van der Waals surface area contributed by atoms with E-state index in [2.05, 4.69) is 52.2 Å². The molecule has 1 rings (SSSR count). The Morgan fingerprint density at radius 2 is 1.82 bits per heavy atom. The molecular formula is C15H32N2. The molecule has 0 radical (unpaired) electrons. The van der Waals surface area contributed by atoms with Gasteiger partial charge in [-0.2, -0.15) is 0 Å². The first-order valence-corrected chi connectivity index (χ1v) is 7.14. The van der Waals surface area contributed by atoms with E-state index in [9.17, 15) is 0 Å². The summed E-state index contributed by atoms with van der Waals surface area (Å²) in [5, 5.41) is 7.32. The lowest BCUT2D eigenvalue weighted by Crippen LogP contribution is -2.48. The van der Waals surface area contributed by atoms with E-state index >= 15 is 0 Å². The van der Waals surface area contributed by atoms with Gasteiger partial charge in [0.25, 0.3) is 0 Å². The van der Waals surface area contributed by atoms with E-state index in [4.69, 9.17) is 0 Å². The van der Waals surface area contributed by atoms with Gasteiger partial charge in [0.2, 0.25) is 0 Å². The van der Waals surface area contributed by atoms with Gasteiger partial charge in [-0.3, -0.25) is 0 Å². The first-order chi connectivity index (χ1) is 7.68. The van der Waals surface area contributed by atoms with Gasteiger partial charge in [0.15, 0.2) is 0 Å². The maximum atomic E-state index is 3.81. The molecule has 2 N–H and O–H groups in total. The van der Waals surface area contributed by atoms with Gasteiger partial charge < -0.3 is 10.6 Å². The second kappa shape index (κ2) is 5.27. The average Bonchev–Trinajstić information content (AvgIpc) is 2.60. The van der Waals surface area contributed by atoms with E-state index < -0.39 is 0 Å². The highest BCUT2D eigenvalue weighted by Gasteiger charge is 2.34. The van der Waals surface area contributed by atoms with Crippen LogP contribution >= 0.6 is 0 Å². The van der Waals surface area contributed by atoms with Crippen LogP contribution in [0.3, 0.4) is 0 Å². The minimum absolute atomic E-state index is 0.239. The number of rotatable bonds is 5. The molecule has 0 saturated carbocycles. The van der Waals surface area contributed by atoms with Crippen LogP contribution in [0.1, 0.15) is 60.8 Å². The third-order valence-electron chi connectivity index (χ3n) is 4.00. The van der Waals surface area contributed by atoms with Crippen molar-refractivity contribution >= 4 is 0 Å². The Bertz CT molecular complexity index is 232. The van der Waals surface area contributed by atoms with E-state index in [0.29, 0.717) is 10.8 Å². The van der Waals surface area contributed by atoms with Crippen LogP contribution in [0, 0.1) is 10.8 Å². The summed E-state index contributed by atoms with van der Waals surface area (Å²) >= 11 is 0. The SMILES string of the molecule is CCC1(CNC(C)(C)CC(C)(C)C)CCNC1. The standard InChI is InChI=1S/C15H32N2/c1-7-15(8-9-16-11-15)12-17-14(5,6)10-13(2,3)4/h16-17H,7-12H2,1-6H3. The molecule has 1 heterocycles. The Balaban J connectivity index is 2.48. The summed E-state index contributed by atoms with van der Waals surface area (Å²) in [5.41, 5.74) is 1.13. The predicted molar refractivity (Wildman–Crippen MR) is 76.4 cm³/mol. The molecular weight excluding hydrogens is 208 g/mol. The van der Waals surface area contributed by atoms with Crippen LogP contribution in [-0.2, 0) is 0 Å². The first kappa shape index (κ1) is 15.0. The van der Waals surface area contributed by atoms with Crippen LogP contribution in [0.5, 0.6) is 0 Å². The third kappa shape index (κ3) is 4.97. The topological polar surface area (TPSA) is 24.1 Å². The van der Waals surface area contributed by atoms with Crippen LogP contribution in [0.15, 0.2) is 0 Å². The Morgan fingerprint density at radius 3 is 2.24 bits per heavy atom. The highest BCUT2D eigenvalue weighted by molar-refractivity contribution is 4.92. The normalized spacial score (nSPS) is 26.5. The van der Waals surface area contributed by atoms with Crippen LogP contribution in [-0.4, -0.2) is 25.2 Å². The second-order valence-corrected chi connectivity index (χ2v) is 7.76. The second-order valence-electron chi connectivity index (χ2n) is 7.76. The summed E-state index contributed by atoms with van der Waals surface area (Å²) < 4.78 is 0. The molecule has 2 nitrogen and oxygen atoms in total. The fourth-order valence-electron chi connectivity index (χ4n) is 3.19. The first-order valence-electron chi connectivity index (χ1n) is 7.14. The van der Waals surface area contributed by atoms with Crippen molar-refractivity contribution in [3.05, 3.63) is 0 Å². The molecule has 17 heavy (non-hydrogen) atoms. The molecule has 1 aliphatic heterocycles. The van der Waals surface area contributed by atoms with Crippen LogP contribution < -0.4 is 10.6 Å². The van der Waals surface area contributed by atoms with E-state index in [1.165, 1.54) is 32.4 Å². The highest BCUT2D eigenvalue weighted by Crippen LogP contribution is 2.31. The number of nitrogens with one attached hydrogen (secondary N) is 2. The molecule has 1 atom stereocenters. The Hall–Kier alpha value is -0.0800. The lowest BCUT2D eigenvalue weighted by atomic mass is 9.79. The molecule has 1 saturated heterocycles. The summed E-state index contributed by atoms with van der Waals surface area (Å²) in [5.74, 6) is 0. The Labute approximate surface area is 108 Å². The maximum Gasteiger partial charge on any atom is 0.0130 e. The molecule has 1 unspecified atom stereocenters. The third-order valence-corrected chi connectivity index (χ3v) is 4.00. The van der Waals surface area contributed by atoms with Crippen molar-refractivity contribution in [3.63, 3.8) is 0 Å². The largest absolute Gasteiger partial charge is 0.316 e. The van der Waals surface area contributed by atoms with Crippen molar-refractivity contribution in [2.45, 2.75) is 66.3 Å². The molecule has 0 aromatic rings. The Morgan fingerprint density at radius 1 is 1.18 bits per heavy atom. The zero-order valence-corrected chi connectivity index (χ0v) is 12.7. The summed E-state index contributed by atoms with van der Waals surface area (Å²) in [7, 11) is 0. The van der Waals surface area contributed by atoms with E-state index in [0.717, 1.165) is 6.54 Å². The van der Waals surface area contributed by atoms with Crippen molar-refractivity contribution in [3.8, 4) is 0 Å². The number of hydrogen-bond acceptors (Lipinski definition) is 2. The van der Waals surface area contributed by atoms with Crippen molar-refractivity contribution in [1.29, 1.82) is 0 Å². The van der Waals surface area contributed by atoms with Gasteiger partial charge in [-0.1, -0.05) is 27.7 Å². The molecule has 0 amide bonds. The zero-order valence-electron chi connectivity index (χ0n) is 12.7. The van der Waals surface area contributed by atoms with Gasteiger partial charge in [-0.25, -0.2) is 0 Å². The molecule has 2 heteroatoms. The van der Waals surface area contributed by atoms with Gasteiger partial charge in [-0.15, -0.1) is 0 Å². The van der Waals surface area contributed by atoms with Crippen LogP contribution in [0.2, 0.25) is 0 Å². The molecule has 0 aromatic heterocycles. The lowest BCUT2D eigenvalue weighted by molar-refractivity contribution is 0.199.